The molecule has 1 aromatic carbocycles. The van der Waals surface area contributed by atoms with Crippen LogP contribution in [0.5, 0.6) is 0 Å². The fraction of sp³-hybridized carbons (Fsp3) is 0.500. The maximum absolute atomic E-state index is 6.08. The first-order valence-corrected chi connectivity index (χ1v) is 6.56. The lowest BCUT2D eigenvalue weighted by Gasteiger charge is -2.57. The molecule has 3 heteroatoms. The summed E-state index contributed by atoms with van der Waals surface area (Å²) in [6, 6.07) is 6.22. The van der Waals surface area contributed by atoms with Gasteiger partial charge in [-0.1, -0.05) is 18.0 Å². The van der Waals surface area contributed by atoms with Crippen LogP contribution in [-0.4, -0.2) is 13.1 Å². The zero-order valence-corrected chi connectivity index (χ0v) is 10.8. The van der Waals surface area contributed by atoms with Gasteiger partial charge in [0.15, 0.2) is 0 Å². The van der Waals surface area contributed by atoms with Crippen molar-refractivity contribution in [3.8, 4) is 0 Å². The zero-order valence-electron chi connectivity index (χ0n) is 8.47. The molecule has 0 aromatic heterocycles. The summed E-state index contributed by atoms with van der Waals surface area (Å²) in [6.45, 7) is 2.45. The van der Waals surface area contributed by atoms with Gasteiger partial charge >= 0.3 is 0 Å². The second kappa shape index (κ2) is 3.39. The average Bonchev–Trinajstić information content (AvgIpc) is 2.06. The van der Waals surface area contributed by atoms with Gasteiger partial charge in [0.2, 0.25) is 0 Å². The molecule has 0 N–H and O–H groups in total. The van der Waals surface area contributed by atoms with Crippen LogP contribution in [0.4, 0.5) is 5.69 Å². The molecular formula is C12H13BrClN. The minimum Gasteiger partial charge on any atom is -0.370 e. The molecule has 1 aromatic rings. The van der Waals surface area contributed by atoms with E-state index < -0.39 is 0 Å². The Hall–Kier alpha value is -0.210. The van der Waals surface area contributed by atoms with Gasteiger partial charge in [-0.25, -0.2) is 0 Å². The third kappa shape index (κ3) is 1.58. The van der Waals surface area contributed by atoms with Gasteiger partial charge in [-0.15, -0.1) is 0 Å². The number of hydrogen-bond acceptors (Lipinski definition) is 1. The summed E-state index contributed by atoms with van der Waals surface area (Å²) in [4.78, 5) is 2.43. The van der Waals surface area contributed by atoms with Crippen molar-refractivity contribution in [2.45, 2.75) is 19.3 Å². The molecule has 1 saturated carbocycles. The lowest BCUT2D eigenvalue weighted by molar-refractivity contribution is 0.0904. The number of nitrogens with zero attached hydrogens (tertiary/aromatic N) is 1. The normalized spacial score (nSPS) is 22.4. The second-order valence-electron chi connectivity index (χ2n) is 4.81. The Balaban J connectivity index is 1.75. The number of anilines is 1. The van der Waals surface area contributed by atoms with E-state index in [0.29, 0.717) is 5.41 Å². The molecule has 3 rings (SSSR count). The van der Waals surface area contributed by atoms with Crippen molar-refractivity contribution in [1.82, 2.24) is 0 Å². The highest BCUT2D eigenvalue weighted by atomic mass is 79.9. The smallest absolute Gasteiger partial charge is 0.0568 e. The summed E-state index contributed by atoms with van der Waals surface area (Å²) in [5.41, 5.74) is 1.94. The minimum absolute atomic E-state index is 0.680. The molecule has 0 radical (unpaired) electrons. The van der Waals surface area contributed by atoms with E-state index in [2.05, 4.69) is 33.0 Å². The van der Waals surface area contributed by atoms with Crippen molar-refractivity contribution in [3.63, 3.8) is 0 Å². The number of rotatable bonds is 1. The fourth-order valence-electron chi connectivity index (χ4n) is 2.62. The van der Waals surface area contributed by atoms with Gasteiger partial charge in [0.25, 0.3) is 0 Å². The van der Waals surface area contributed by atoms with Crippen LogP contribution in [0.25, 0.3) is 0 Å². The lowest BCUT2D eigenvalue weighted by atomic mass is 9.63. The SMILES string of the molecule is Clc1cc(N2CC3(CCC3)C2)ccc1Br. The predicted octanol–water partition coefficient (Wildman–Crippen LogP) is 4.09. The summed E-state index contributed by atoms with van der Waals surface area (Å²) < 4.78 is 0.979. The maximum atomic E-state index is 6.08. The summed E-state index contributed by atoms with van der Waals surface area (Å²) in [7, 11) is 0. The van der Waals surface area contributed by atoms with Crippen LogP contribution < -0.4 is 4.90 Å². The van der Waals surface area contributed by atoms with Crippen molar-refractivity contribution >= 4 is 33.2 Å². The van der Waals surface area contributed by atoms with Crippen LogP contribution in [0.3, 0.4) is 0 Å². The Morgan fingerprint density at radius 3 is 2.53 bits per heavy atom. The summed E-state index contributed by atoms with van der Waals surface area (Å²) >= 11 is 9.50. The van der Waals surface area contributed by atoms with E-state index in [1.165, 1.54) is 38.0 Å². The maximum Gasteiger partial charge on any atom is 0.0568 e. The summed E-state index contributed by atoms with van der Waals surface area (Å²) in [5, 5.41) is 0.807. The highest BCUT2D eigenvalue weighted by molar-refractivity contribution is 9.10. The fourth-order valence-corrected chi connectivity index (χ4v) is 3.04. The van der Waals surface area contributed by atoms with Crippen molar-refractivity contribution in [2.24, 2.45) is 5.41 Å². The Labute approximate surface area is 104 Å². The molecule has 1 nitrogen and oxygen atoms in total. The van der Waals surface area contributed by atoms with Gasteiger partial charge in [0.1, 0.15) is 0 Å². The number of benzene rings is 1. The first-order valence-electron chi connectivity index (χ1n) is 5.39. The second-order valence-corrected chi connectivity index (χ2v) is 6.07. The molecule has 2 fully saturated rings. The molecule has 1 heterocycles. The molecule has 1 aliphatic heterocycles. The Morgan fingerprint density at radius 2 is 2.00 bits per heavy atom. The van der Waals surface area contributed by atoms with Gasteiger partial charge in [0, 0.05) is 28.7 Å². The Bertz CT molecular complexity index is 393. The molecule has 0 bridgehead atoms. The average molecular weight is 287 g/mol. The molecule has 15 heavy (non-hydrogen) atoms. The van der Waals surface area contributed by atoms with Crippen molar-refractivity contribution in [1.29, 1.82) is 0 Å². The quantitative estimate of drug-likeness (QED) is 0.751. The lowest BCUT2D eigenvalue weighted by Crippen LogP contribution is -2.59. The van der Waals surface area contributed by atoms with Gasteiger partial charge in [-0.2, -0.15) is 0 Å². The van der Waals surface area contributed by atoms with E-state index in [4.69, 9.17) is 11.6 Å². The van der Waals surface area contributed by atoms with E-state index in [0.717, 1.165) is 9.50 Å². The number of halogens is 2. The molecule has 1 aliphatic carbocycles. The van der Waals surface area contributed by atoms with E-state index in [9.17, 15) is 0 Å². The molecule has 1 spiro atoms. The van der Waals surface area contributed by atoms with Crippen molar-refractivity contribution in [2.75, 3.05) is 18.0 Å². The van der Waals surface area contributed by atoms with Crippen LogP contribution in [0.15, 0.2) is 22.7 Å². The highest BCUT2D eigenvalue weighted by Crippen LogP contribution is 2.49. The third-order valence-electron chi connectivity index (χ3n) is 3.74. The summed E-state index contributed by atoms with van der Waals surface area (Å²) in [6.07, 6.45) is 4.27. The molecule has 0 unspecified atom stereocenters. The van der Waals surface area contributed by atoms with E-state index in [1.807, 2.05) is 6.07 Å². The topological polar surface area (TPSA) is 3.24 Å². The molecule has 2 aliphatic rings. The van der Waals surface area contributed by atoms with Crippen LogP contribution in [0.2, 0.25) is 5.02 Å². The largest absolute Gasteiger partial charge is 0.370 e. The van der Waals surface area contributed by atoms with Crippen LogP contribution in [0.1, 0.15) is 19.3 Å². The van der Waals surface area contributed by atoms with E-state index >= 15 is 0 Å². The third-order valence-corrected chi connectivity index (χ3v) is 4.97. The van der Waals surface area contributed by atoms with Gasteiger partial charge in [-0.3, -0.25) is 0 Å². The number of hydrogen-bond donors (Lipinski definition) is 0. The standard InChI is InChI=1S/C12H13BrClN/c13-10-3-2-9(6-11(10)14)15-7-12(8-15)4-1-5-12/h2-3,6H,1,4-5,7-8H2. The summed E-state index contributed by atoms with van der Waals surface area (Å²) in [5.74, 6) is 0. The minimum atomic E-state index is 0.680. The van der Waals surface area contributed by atoms with Gasteiger partial charge < -0.3 is 4.90 Å². The van der Waals surface area contributed by atoms with Gasteiger partial charge in [0.05, 0.1) is 5.02 Å². The Morgan fingerprint density at radius 1 is 1.27 bits per heavy atom. The zero-order chi connectivity index (χ0) is 10.5. The van der Waals surface area contributed by atoms with Crippen molar-refractivity contribution < 1.29 is 0 Å². The monoisotopic (exact) mass is 285 g/mol. The first kappa shape index (κ1) is 9.98. The molecule has 1 saturated heterocycles. The predicted molar refractivity (Wildman–Crippen MR) is 67.6 cm³/mol. The van der Waals surface area contributed by atoms with E-state index in [1.54, 1.807) is 0 Å². The highest BCUT2D eigenvalue weighted by Gasteiger charge is 2.47. The molecule has 0 atom stereocenters. The van der Waals surface area contributed by atoms with E-state index in [-0.39, 0.29) is 0 Å². The molecular weight excluding hydrogens is 273 g/mol. The van der Waals surface area contributed by atoms with Crippen LogP contribution in [0, 0.1) is 5.41 Å². The van der Waals surface area contributed by atoms with Crippen molar-refractivity contribution in [3.05, 3.63) is 27.7 Å². The van der Waals surface area contributed by atoms with Crippen LogP contribution in [-0.2, 0) is 0 Å². The Kier molecular flexibility index (Phi) is 2.26. The van der Waals surface area contributed by atoms with Gasteiger partial charge in [-0.05, 0) is 47.0 Å². The molecule has 80 valence electrons. The molecule has 0 amide bonds. The first-order chi connectivity index (χ1) is 7.19. The van der Waals surface area contributed by atoms with Crippen LogP contribution >= 0.6 is 27.5 Å².